The van der Waals surface area contributed by atoms with Crippen molar-refractivity contribution in [1.82, 2.24) is 20.5 Å². The van der Waals surface area contributed by atoms with E-state index < -0.39 is 17.6 Å². The predicted molar refractivity (Wildman–Crippen MR) is 117 cm³/mol. The van der Waals surface area contributed by atoms with Crippen LogP contribution in [0.15, 0.2) is 30.3 Å². The van der Waals surface area contributed by atoms with E-state index in [4.69, 9.17) is 11.6 Å². The summed E-state index contributed by atoms with van der Waals surface area (Å²) in [7, 11) is 0. The van der Waals surface area contributed by atoms with Crippen LogP contribution in [0.1, 0.15) is 47.3 Å². The molecule has 4 rings (SSSR count). The fourth-order valence-corrected chi connectivity index (χ4v) is 4.23. The molecule has 3 N–H and O–H groups in total. The van der Waals surface area contributed by atoms with Crippen molar-refractivity contribution in [2.24, 2.45) is 5.92 Å². The van der Waals surface area contributed by atoms with E-state index in [0.717, 1.165) is 73.0 Å². The third kappa shape index (κ3) is 4.98. The van der Waals surface area contributed by atoms with Gasteiger partial charge in [0.05, 0.1) is 21.5 Å². The third-order valence-electron chi connectivity index (χ3n) is 5.84. The number of aromatic nitrogens is 3. The van der Waals surface area contributed by atoms with Crippen LogP contribution in [0.5, 0.6) is 0 Å². The average Bonchev–Trinajstić information content (AvgIpc) is 3.14. The zero-order valence-corrected chi connectivity index (χ0v) is 18.1. The minimum atomic E-state index is -4.53. The number of aromatic amines is 1. The number of hydrogen-bond donors (Lipinski definition) is 3. The van der Waals surface area contributed by atoms with Gasteiger partial charge in [0, 0.05) is 18.3 Å². The number of benzene rings is 1. The summed E-state index contributed by atoms with van der Waals surface area (Å²) in [5.74, 6) is 0.598. The monoisotopic (exact) mass is 465 g/mol. The first-order chi connectivity index (χ1) is 15.2. The number of fused-ring (bicyclic) bond motifs is 1. The molecule has 0 spiro atoms. The number of hydrogen-bond acceptors (Lipinski definition) is 4. The van der Waals surface area contributed by atoms with Crippen LogP contribution in [0, 0.1) is 12.8 Å². The number of H-pyrrole nitrogens is 1. The second kappa shape index (κ2) is 8.97. The third-order valence-corrected chi connectivity index (χ3v) is 6.17. The zero-order valence-electron chi connectivity index (χ0n) is 17.4. The molecule has 0 radical (unpaired) electrons. The second-order valence-corrected chi connectivity index (χ2v) is 8.59. The number of halogens is 4. The number of carbonyl (C=O) groups is 1. The number of alkyl halides is 3. The number of aryl methyl sites for hydroxylation is 1. The first kappa shape index (κ1) is 22.4. The zero-order chi connectivity index (χ0) is 22.9. The van der Waals surface area contributed by atoms with E-state index in [1.165, 1.54) is 0 Å². The summed E-state index contributed by atoms with van der Waals surface area (Å²) >= 11 is 5.97. The van der Waals surface area contributed by atoms with Crippen molar-refractivity contribution in [3.05, 3.63) is 52.2 Å². The van der Waals surface area contributed by atoms with Gasteiger partial charge in [0.25, 0.3) is 5.91 Å². The van der Waals surface area contributed by atoms with Crippen molar-refractivity contribution in [1.29, 1.82) is 0 Å². The van der Waals surface area contributed by atoms with Gasteiger partial charge in [-0.2, -0.15) is 18.3 Å². The summed E-state index contributed by atoms with van der Waals surface area (Å²) in [5, 5.41) is 14.4. The quantitative estimate of drug-likeness (QED) is 0.475. The lowest BCUT2D eigenvalue weighted by Gasteiger charge is -2.29. The van der Waals surface area contributed by atoms with Crippen LogP contribution >= 0.6 is 11.6 Å². The molecule has 1 aromatic carbocycles. The molecular formula is C22H23ClF3N5O. The highest BCUT2D eigenvalue weighted by atomic mass is 35.5. The van der Waals surface area contributed by atoms with E-state index in [9.17, 15) is 18.0 Å². The highest BCUT2D eigenvalue weighted by Gasteiger charge is 2.32. The van der Waals surface area contributed by atoms with Gasteiger partial charge in [0.1, 0.15) is 0 Å². The first-order valence-electron chi connectivity index (χ1n) is 10.4. The van der Waals surface area contributed by atoms with Crippen molar-refractivity contribution in [2.45, 2.75) is 44.8 Å². The fraction of sp³-hybridized carbons (Fsp3) is 0.409. The lowest BCUT2D eigenvalue weighted by Crippen LogP contribution is -2.38. The Balaban J connectivity index is 1.30. The number of nitrogens with one attached hydrogen (secondary N) is 3. The lowest BCUT2D eigenvalue weighted by atomic mass is 9.86. The number of rotatable bonds is 5. The van der Waals surface area contributed by atoms with Gasteiger partial charge in [-0.25, -0.2) is 4.98 Å². The standard InChI is InChI=1S/C22H23ClF3N5O/c1-12-2-8-16-19(30-31-20(16)28-12)27-11-13-3-6-15(7-4-13)29-21(32)17-10-14(22(24,25)26)5-9-18(17)23/h2,5,8-10,13,15H,3-4,6-7,11H2,1H3,(H,29,32)(H2,27,28,30,31). The molecule has 1 aliphatic carbocycles. The number of carbonyl (C=O) groups excluding carboxylic acids is 1. The Morgan fingerprint density at radius 1 is 1.19 bits per heavy atom. The number of nitrogens with zero attached hydrogens (tertiary/aromatic N) is 2. The molecule has 0 atom stereocenters. The van der Waals surface area contributed by atoms with Gasteiger partial charge in [-0.15, -0.1) is 0 Å². The van der Waals surface area contributed by atoms with Crippen LogP contribution < -0.4 is 10.6 Å². The molecule has 170 valence electrons. The van der Waals surface area contributed by atoms with E-state index in [1.54, 1.807) is 0 Å². The molecule has 1 aliphatic rings. The number of anilines is 1. The van der Waals surface area contributed by atoms with E-state index >= 15 is 0 Å². The maximum absolute atomic E-state index is 13.0. The highest BCUT2D eigenvalue weighted by molar-refractivity contribution is 6.33. The van der Waals surface area contributed by atoms with Gasteiger partial charge in [0.15, 0.2) is 11.5 Å². The van der Waals surface area contributed by atoms with E-state index in [-0.39, 0.29) is 16.6 Å². The predicted octanol–water partition coefficient (Wildman–Crippen LogP) is 5.34. The van der Waals surface area contributed by atoms with Crippen LogP contribution in [0.4, 0.5) is 19.0 Å². The van der Waals surface area contributed by atoms with Gasteiger partial charge in [-0.05, 0) is 68.9 Å². The van der Waals surface area contributed by atoms with Crippen LogP contribution in [0.25, 0.3) is 11.0 Å². The summed E-state index contributed by atoms with van der Waals surface area (Å²) in [6, 6.07) is 6.61. The second-order valence-electron chi connectivity index (χ2n) is 8.19. The molecule has 1 saturated carbocycles. The van der Waals surface area contributed by atoms with Crippen LogP contribution in [0.2, 0.25) is 5.02 Å². The van der Waals surface area contributed by atoms with E-state index in [1.807, 2.05) is 19.1 Å². The average molecular weight is 466 g/mol. The van der Waals surface area contributed by atoms with Gasteiger partial charge in [-0.1, -0.05) is 11.6 Å². The molecule has 0 saturated heterocycles. The van der Waals surface area contributed by atoms with Crippen molar-refractivity contribution < 1.29 is 18.0 Å². The van der Waals surface area contributed by atoms with Crippen molar-refractivity contribution in [3.63, 3.8) is 0 Å². The van der Waals surface area contributed by atoms with Crippen LogP contribution in [-0.2, 0) is 6.18 Å². The molecule has 6 nitrogen and oxygen atoms in total. The summed E-state index contributed by atoms with van der Waals surface area (Å²) < 4.78 is 38.9. The Labute approximate surface area is 187 Å². The molecule has 0 unspecified atom stereocenters. The Morgan fingerprint density at radius 2 is 1.94 bits per heavy atom. The molecule has 0 bridgehead atoms. The molecule has 2 heterocycles. The molecule has 1 fully saturated rings. The maximum Gasteiger partial charge on any atom is 0.416 e. The summed E-state index contributed by atoms with van der Waals surface area (Å²) in [5.41, 5.74) is 0.615. The minimum Gasteiger partial charge on any atom is -0.368 e. The van der Waals surface area contributed by atoms with Gasteiger partial charge in [-0.3, -0.25) is 9.89 Å². The van der Waals surface area contributed by atoms with Crippen molar-refractivity contribution >= 4 is 34.4 Å². The Hall–Kier alpha value is -2.81. The topological polar surface area (TPSA) is 82.7 Å². The van der Waals surface area contributed by atoms with Crippen LogP contribution in [-0.4, -0.2) is 33.7 Å². The van der Waals surface area contributed by atoms with E-state index in [0.29, 0.717) is 5.92 Å². The summed E-state index contributed by atoms with van der Waals surface area (Å²) in [6.45, 7) is 2.67. The Morgan fingerprint density at radius 3 is 2.66 bits per heavy atom. The molecule has 1 amide bonds. The van der Waals surface area contributed by atoms with Crippen molar-refractivity contribution in [3.8, 4) is 0 Å². The van der Waals surface area contributed by atoms with Crippen molar-refractivity contribution in [2.75, 3.05) is 11.9 Å². The molecule has 0 aliphatic heterocycles. The smallest absolute Gasteiger partial charge is 0.368 e. The van der Waals surface area contributed by atoms with E-state index in [2.05, 4.69) is 25.8 Å². The Kier molecular flexibility index (Phi) is 6.28. The highest BCUT2D eigenvalue weighted by Crippen LogP contribution is 2.32. The first-order valence-corrected chi connectivity index (χ1v) is 10.8. The largest absolute Gasteiger partial charge is 0.416 e. The maximum atomic E-state index is 13.0. The number of pyridine rings is 1. The van der Waals surface area contributed by atoms with Gasteiger partial charge in [0.2, 0.25) is 0 Å². The normalized spacial score (nSPS) is 19.2. The van der Waals surface area contributed by atoms with Gasteiger partial charge < -0.3 is 10.6 Å². The fourth-order valence-electron chi connectivity index (χ4n) is 4.03. The molecule has 32 heavy (non-hydrogen) atoms. The van der Waals surface area contributed by atoms with Gasteiger partial charge >= 0.3 is 6.18 Å². The summed E-state index contributed by atoms with van der Waals surface area (Å²) in [4.78, 5) is 16.9. The molecular weight excluding hydrogens is 443 g/mol. The molecule has 10 heteroatoms. The van der Waals surface area contributed by atoms with Crippen LogP contribution in [0.3, 0.4) is 0 Å². The summed E-state index contributed by atoms with van der Waals surface area (Å²) in [6.07, 6.45) is -1.27. The SMILES string of the molecule is Cc1ccc2c(NCC3CCC(NC(=O)c4cc(C(F)(F)F)ccc4Cl)CC3)n[nH]c2n1. The molecule has 3 aromatic rings. The number of amides is 1. The molecule has 2 aromatic heterocycles. The lowest BCUT2D eigenvalue weighted by molar-refractivity contribution is -0.137. The Bertz CT molecular complexity index is 1120. The minimum absolute atomic E-state index is 0.00398.